The fraction of sp³-hybridized carbons (Fsp3) is 0.125. The van der Waals surface area contributed by atoms with Crippen molar-refractivity contribution in [3.05, 3.63) is 64.3 Å². The highest BCUT2D eigenvalue weighted by Gasteiger charge is 2.08. The highest BCUT2D eigenvalue weighted by molar-refractivity contribution is 6.33. The molecule has 3 aromatic rings. The number of hydrogen-bond acceptors (Lipinski definition) is 1. The van der Waals surface area contributed by atoms with Crippen LogP contribution in [0.25, 0.3) is 10.9 Å². The number of methoxy groups -OCH3 is 1. The van der Waals surface area contributed by atoms with E-state index >= 15 is 0 Å². The first-order valence-electron chi connectivity index (χ1n) is 6.25. The Morgan fingerprint density at radius 1 is 1.10 bits per heavy atom. The van der Waals surface area contributed by atoms with E-state index in [2.05, 4.69) is 10.6 Å². The minimum absolute atomic E-state index is 0.677. The molecule has 0 unspecified atom stereocenters. The topological polar surface area (TPSA) is 14.2 Å². The van der Waals surface area contributed by atoms with Gasteiger partial charge < -0.3 is 9.30 Å². The number of nitrogens with zero attached hydrogens (tertiary/aromatic N) is 1. The zero-order chi connectivity index (χ0) is 14.1. The number of halogens is 2. The molecule has 0 aliphatic rings. The van der Waals surface area contributed by atoms with Crippen LogP contribution in [0.4, 0.5) is 0 Å². The quantitative estimate of drug-likeness (QED) is 0.664. The Bertz CT molecular complexity index is 764. The molecule has 3 rings (SSSR count). The third kappa shape index (κ3) is 2.37. The fourth-order valence-corrected chi connectivity index (χ4v) is 2.73. The van der Waals surface area contributed by atoms with Crippen LogP contribution in [-0.4, -0.2) is 11.7 Å². The number of hydrogen-bond donors (Lipinski definition) is 0. The lowest BCUT2D eigenvalue weighted by Gasteiger charge is -2.09. The van der Waals surface area contributed by atoms with E-state index in [4.69, 9.17) is 27.9 Å². The molecule has 0 aliphatic heterocycles. The molecule has 2 aromatic carbocycles. The zero-order valence-corrected chi connectivity index (χ0v) is 12.4. The van der Waals surface area contributed by atoms with Crippen LogP contribution < -0.4 is 4.74 Å². The second-order valence-electron chi connectivity index (χ2n) is 4.57. The van der Waals surface area contributed by atoms with Crippen molar-refractivity contribution in [2.45, 2.75) is 6.54 Å². The smallest absolute Gasteiger partial charge is 0.128 e. The van der Waals surface area contributed by atoms with Crippen molar-refractivity contribution in [2.75, 3.05) is 7.11 Å². The SMILES string of the molecule is COc1cccc2c1ccn2Cc1cc(Cl)ccc1Cl. The van der Waals surface area contributed by atoms with Gasteiger partial charge in [-0.15, -0.1) is 0 Å². The number of rotatable bonds is 3. The van der Waals surface area contributed by atoms with Gasteiger partial charge in [0.15, 0.2) is 0 Å². The van der Waals surface area contributed by atoms with Crippen molar-refractivity contribution < 1.29 is 4.74 Å². The van der Waals surface area contributed by atoms with Gasteiger partial charge in [0.25, 0.3) is 0 Å². The highest BCUT2D eigenvalue weighted by Crippen LogP contribution is 2.28. The van der Waals surface area contributed by atoms with E-state index < -0.39 is 0 Å². The third-order valence-electron chi connectivity index (χ3n) is 3.34. The predicted octanol–water partition coefficient (Wildman–Crippen LogP) is 5.01. The molecule has 0 bridgehead atoms. The maximum atomic E-state index is 6.23. The van der Waals surface area contributed by atoms with Gasteiger partial charge in [-0.05, 0) is 42.0 Å². The van der Waals surface area contributed by atoms with Crippen LogP contribution in [-0.2, 0) is 6.54 Å². The van der Waals surface area contributed by atoms with E-state index in [0.717, 1.165) is 27.2 Å². The monoisotopic (exact) mass is 305 g/mol. The second-order valence-corrected chi connectivity index (χ2v) is 5.42. The lowest BCUT2D eigenvalue weighted by atomic mass is 10.2. The van der Waals surface area contributed by atoms with Crippen LogP contribution in [0, 0.1) is 0 Å². The molecule has 0 atom stereocenters. The molecule has 20 heavy (non-hydrogen) atoms. The predicted molar refractivity (Wildman–Crippen MR) is 84.1 cm³/mol. The van der Waals surface area contributed by atoms with Gasteiger partial charge in [0.2, 0.25) is 0 Å². The van der Waals surface area contributed by atoms with Gasteiger partial charge >= 0.3 is 0 Å². The molecule has 4 heteroatoms. The first kappa shape index (κ1) is 13.3. The molecule has 0 N–H and O–H groups in total. The minimum atomic E-state index is 0.677. The summed E-state index contributed by atoms with van der Waals surface area (Å²) in [5.74, 6) is 0.874. The molecule has 0 fully saturated rings. The first-order chi connectivity index (χ1) is 9.69. The van der Waals surface area contributed by atoms with E-state index in [1.807, 2.05) is 36.5 Å². The fourth-order valence-electron chi connectivity index (χ4n) is 2.36. The van der Waals surface area contributed by atoms with Crippen molar-refractivity contribution in [3.63, 3.8) is 0 Å². The summed E-state index contributed by atoms with van der Waals surface area (Å²) in [6, 6.07) is 13.6. The second kappa shape index (κ2) is 5.39. The van der Waals surface area contributed by atoms with Gasteiger partial charge in [-0.3, -0.25) is 0 Å². The van der Waals surface area contributed by atoms with Crippen molar-refractivity contribution >= 4 is 34.1 Å². The summed E-state index contributed by atoms with van der Waals surface area (Å²) < 4.78 is 7.51. The molecular weight excluding hydrogens is 293 g/mol. The Morgan fingerprint density at radius 2 is 1.95 bits per heavy atom. The molecule has 0 spiro atoms. The van der Waals surface area contributed by atoms with E-state index in [1.165, 1.54) is 0 Å². The summed E-state index contributed by atoms with van der Waals surface area (Å²) in [5.41, 5.74) is 2.11. The average Bonchev–Trinajstić information content (AvgIpc) is 2.86. The molecule has 1 aromatic heterocycles. The maximum absolute atomic E-state index is 6.23. The van der Waals surface area contributed by atoms with Crippen molar-refractivity contribution in [1.29, 1.82) is 0 Å². The van der Waals surface area contributed by atoms with Gasteiger partial charge in [0.1, 0.15) is 5.75 Å². The zero-order valence-electron chi connectivity index (χ0n) is 10.9. The van der Waals surface area contributed by atoms with Crippen LogP contribution >= 0.6 is 23.2 Å². The first-order valence-corrected chi connectivity index (χ1v) is 7.00. The summed E-state index contributed by atoms with van der Waals surface area (Å²) in [6.45, 7) is 0.677. The Balaban J connectivity index is 2.05. The van der Waals surface area contributed by atoms with Crippen LogP contribution in [0.3, 0.4) is 0 Å². The van der Waals surface area contributed by atoms with E-state index in [1.54, 1.807) is 13.2 Å². The molecule has 0 radical (unpaired) electrons. The number of benzene rings is 2. The summed E-state index contributed by atoms with van der Waals surface area (Å²) in [7, 11) is 1.68. The minimum Gasteiger partial charge on any atom is -0.496 e. The molecule has 1 heterocycles. The maximum Gasteiger partial charge on any atom is 0.128 e. The molecule has 0 aliphatic carbocycles. The lowest BCUT2D eigenvalue weighted by molar-refractivity contribution is 0.420. The highest BCUT2D eigenvalue weighted by atomic mass is 35.5. The Kier molecular flexibility index (Phi) is 3.60. The van der Waals surface area contributed by atoms with Crippen LogP contribution in [0.2, 0.25) is 10.0 Å². The Labute approximate surface area is 127 Å². The van der Waals surface area contributed by atoms with E-state index in [9.17, 15) is 0 Å². The molecule has 0 amide bonds. The normalized spacial score (nSPS) is 10.9. The molecular formula is C16H13Cl2NO. The lowest BCUT2D eigenvalue weighted by Crippen LogP contribution is -1.98. The van der Waals surface area contributed by atoms with Crippen LogP contribution in [0.5, 0.6) is 5.75 Å². The van der Waals surface area contributed by atoms with Gasteiger partial charge in [-0.1, -0.05) is 29.3 Å². The molecule has 0 saturated carbocycles. The number of ether oxygens (including phenoxy) is 1. The van der Waals surface area contributed by atoms with E-state index in [-0.39, 0.29) is 0 Å². The Hall–Kier alpha value is -1.64. The standard InChI is InChI=1S/C16H13Cl2NO/c1-20-16-4-2-3-15-13(16)7-8-19(15)10-11-9-12(17)5-6-14(11)18/h2-9H,10H2,1H3. The average molecular weight is 306 g/mol. The molecule has 0 saturated heterocycles. The van der Waals surface area contributed by atoms with E-state index in [0.29, 0.717) is 11.6 Å². The summed E-state index contributed by atoms with van der Waals surface area (Å²) in [4.78, 5) is 0. The van der Waals surface area contributed by atoms with Crippen molar-refractivity contribution in [3.8, 4) is 5.75 Å². The number of aromatic nitrogens is 1. The van der Waals surface area contributed by atoms with Gasteiger partial charge in [-0.2, -0.15) is 0 Å². The van der Waals surface area contributed by atoms with Gasteiger partial charge in [0, 0.05) is 28.2 Å². The van der Waals surface area contributed by atoms with Gasteiger partial charge in [-0.25, -0.2) is 0 Å². The summed E-state index contributed by atoms with van der Waals surface area (Å²) >= 11 is 12.3. The molecule has 2 nitrogen and oxygen atoms in total. The summed E-state index contributed by atoms with van der Waals surface area (Å²) in [5, 5.41) is 2.51. The van der Waals surface area contributed by atoms with Gasteiger partial charge in [0.05, 0.1) is 12.6 Å². The number of fused-ring (bicyclic) bond motifs is 1. The third-order valence-corrected chi connectivity index (χ3v) is 3.95. The van der Waals surface area contributed by atoms with Crippen molar-refractivity contribution in [2.24, 2.45) is 0 Å². The molecule has 102 valence electrons. The largest absolute Gasteiger partial charge is 0.496 e. The summed E-state index contributed by atoms with van der Waals surface area (Å²) in [6.07, 6.45) is 2.03. The van der Waals surface area contributed by atoms with Crippen LogP contribution in [0.15, 0.2) is 48.7 Å². The Morgan fingerprint density at radius 3 is 2.75 bits per heavy atom. The van der Waals surface area contributed by atoms with Crippen molar-refractivity contribution in [1.82, 2.24) is 4.57 Å². The van der Waals surface area contributed by atoms with Crippen LogP contribution in [0.1, 0.15) is 5.56 Å².